The van der Waals surface area contributed by atoms with Gasteiger partial charge in [0.1, 0.15) is 18.0 Å². The van der Waals surface area contributed by atoms with E-state index < -0.39 is 0 Å². The summed E-state index contributed by atoms with van der Waals surface area (Å²) in [7, 11) is 0. The van der Waals surface area contributed by atoms with Gasteiger partial charge in [-0.25, -0.2) is 15.8 Å². The number of rotatable bonds is 6. The Morgan fingerprint density at radius 3 is 2.50 bits per heavy atom. The zero-order chi connectivity index (χ0) is 14.4. The summed E-state index contributed by atoms with van der Waals surface area (Å²) in [5.74, 6) is 7.38. The summed E-state index contributed by atoms with van der Waals surface area (Å²) in [6.07, 6.45) is 4.83. The predicted octanol–water partition coefficient (Wildman–Crippen LogP) is 1.25. The molecule has 112 valence electrons. The fraction of sp³-hybridized carbons (Fsp3) is 0.714. The number of aromatic nitrogens is 2. The van der Waals surface area contributed by atoms with Gasteiger partial charge in [0.15, 0.2) is 0 Å². The normalized spacial score (nSPS) is 16.4. The summed E-state index contributed by atoms with van der Waals surface area (Å²) < 4.78 is 0. The van der Waals surface area contributed by atoms with Crippen molar-refractivity contribution >= 4 is 11.6 Å². The Labute approximate surface area is 121 Å². The third-order valence-corrected chi connectivity index (χ3v) is 3.77. The molecule has 0 spiro atoms. The van der Waals surface area contributed by atoms with Crippen molar-refractivity contribution in [3.05, 3.63) is 11.9 Å². The van der Waals surface area contributed by atoms with E-state index in [9.17, 15) is 0 Å². The van der Waals surface area contributed by atoms with E-state index in [-0.39, 0.29) is 0 Å². The Bertz CT molecular complexity index is 414. The molecule has 2 rings (SSSR count). The Kier molecular flexibility index (Phi) is 5.55. The van der Waals surface area contributed by atoms with Crippen molar-refractivity contribution < 1.29 is 0 Å². The van der Waals surface area contributed by atoms with Crippen molar-refractivity contribution in [3.8, 4) is 0 Å². The first-order valence-corrected chi connectivity index (χ1v) is 7.57. The van der Waals surface area contributed by atoms with Crippen molar-refractivity contribution in [2.75, 3.05) is 43.0 Å². The van der Waals surface area contributed by atoms with E-state index in [0.29, 0.717) is 0 Å². The molecule has 0 saturated carbocycles. The molecule has 2 heterocycles. The van der Waals surface area contributed by atoms with Gasteiger partial charge < -0.3 is 10.3 Å². The van der Waals surface area contributed by atoms with Crippen molar-refractivity contribution in [1.29, 1.82) is 0 Å². The van der Waals surface area contributed by atoms with Crippen molar-refractivity contribution in [3.63, 3.8) is 0 Å². The number of piperazine rings is 1. The van der Waals surface area contributed by atoms with E-state index in [1.54, 1.807) is 6.33 Å². The average molecular weight is 278 g/mol. The Morgan fingerprint density at radius 1 is 1.15 bits per heavy atom. The van der Waals surface area contributed by atoms with Crippen LogP contribution in [0.3, 0.4) is 0 Å². The van der Waals surface area contributed by atoms with Gasteiger partial charge in [-0.1, -0.05) is 20.3 Å². The van der Waals surface area contributed by atoms with Gasteiger partial charge in [0.05, 0.1) is 0 Å². The van der Waals surface area contributed by atoms with Crippen molar-refractivity contribution in [2.24, 2.45) is 5.84 Å². The Morgan fingerprint density at radius 2 is 1.90 bits per heavy atom. The maximum absolute atomic E-state index is 5.57. The van der Waals surface area contributed by atoms with Gasteiger partial charge >= 0.3 is 0 Å². The van der Waals surface area contributed by atoms with Crippen molar-refractivity contribution in [2.45, 2.75) is 33.1 Å². The van der Waals surface area contributed by atoms with Crippen LogP contribution in [-0.4, -0.2) is 47.6 Å². The molecule has 1 fully saturated rings. The van der Waals surface area contributed by atoms with Crippen LogP contribution in [0, 0.1) is 0 Å². The van der Waals surface area contributed by atoms with Crippen LogP contribution in [-0.2, 0) is 6.42 Å². The van der Waals surface area contributed by atoms with E-state index in [4.69, 9.17) is 5.84 Å². The molecule has 0 amide bonds. The monoisotopic (exact) mass is 278 g/mol. The summed E-state index contributed by atoms with van der Waals surface area (Å²) in [6.45, 7) is 9.85. The average Bonchev–Trinajstić information content (AvgIpc) is 2.49. The Balaban J connectivity index is 2.12. The first-order chi connectivity index (χ1) is 9.80. The van der Waals surface area contributed by atoms with Crippen LogP contribution in [0.5, 0.6) is 0 Å². The summed E-state index contributed by atoms with van der Waals surface area (Å²) in [5.41, 5.74) is 3.84. The summed E-state index contributed by atoms with van der Waals surface area (Å²) >= 11 is 0. The lowest BCUT2D eigenvalue weighted by Gasteiger charge is -2.36. The molecule has 0 atom stereocenters. The number of anilines is 2. The first-order valence-electron chi connectivity index (χ1n) is 7.57. The standard InChI is InChI=1S/C14H26N6/c1-3-5-12-13(18-15)16-11-17-14(12)20-9-7-19(6-4-2)8-10-20/h11H,3-10,15H2,1-2H3,(H,16,17,18). The van der Waals surface area contributed by atoms with Crippen LogP contribution >= 0.6 is 0 Å². The molecular weight excluding hydrogens is 252 g/mol. The highest BCUT2D eigenvalue weighted by atomic mass is 15.3. The second-order valence-corrected chi connectivity index (χ2v) is 5.25. The highest BCUT2D eigenvalue weighted by molar-refractivity contribution is 5.58. The quantitative estimate of drug-likeness (QED) is 0.603. The topological polar surface area (TPSA) is 70.3 Å². The van der Waals surface area contributed by atoms with Gasteiger partial charge in [0, 0.05) is 31.7 Å². The molecule has 0 radical (unpaired) electrons. The van der Waals surface area contributed by atoms with Gasteiger partial charge in [0.2, 0.25) is 0 Å². The highest BCUT2D eigenvalue weighted by Gasteiger charge is 2.21. The number of nitrogen functional groups attached to an aromatic ring is 1. The molecule has 1 aliphatic heterocycles. The molecule has 1 aromatic rings. The molecule has 6 nitrogen and oxygen atoms in total. The SMILES string of the molecule is CCCc1c(NN)ncnc1N1CCN(CCC)CC1. The zero-order valence-corrected chi connectivity index (χ0v) is 12.6. The predicted molar refractivity (Wildman–Crippen MR) is 82.8 cm³/mol. The van der Waals surface area contributed by atoms with Crippen LogP contribution in [0.2, 0.25) is 0 Å². The number of hydrogen-bond donors (Lipinski definition) is 2. The van der Waals surface area contributed by atoms with Crippen LogP contribution in [0.1, 0.15) is 32.3 Å². The number of hydrogen-bond acceptors (Lipinski definition) is 6. The van der Waals surface area contributed by atoms with Gasteiger partial charge in [-0.3, -0.25) is 4.90 Å². The molecule has 0 unspecified atom stereocenters. The molecule has 1 aromatic heterocycles. The molecule has 0 aromatic carbocycles. The summed E-state index contributed by atoms with van der Waals surface area (Å²) in [5, 5.41) is 0. The largest absolute Gasteiger partial charge is 0.354 e. The third-order valence-electron chi connectivity index (χ3n) is 3.77. The minimum Gasteiger partial charge on any atom is -0.354 e. The van der Waals surface area contributed by atoms with Gasteiger partial charge in [0.25, 0.3) is 0 Å². The molecule has 1 saturated heterocycles. The van der Waals surface area contributed by atoms with Crippen LogP contribution in [0.15, 0.2) is 6.33 Å². The minimum absolute atomic E-state index is 0.757. The number of nitrogens with zero attached hydrogens (tertiary/aromatic N) is 4. The molecule has 20 heavy (non-hydrogen) atoms. The smallest absolute Gasteiger partial charge is 0.148 e. The summed E-state index contributed by atoms with van der Waals surface area (Å²) in [6, 6.07) is 0. The molecular formula is C14H26N6. The maximum Gasteiger partial charge on any atom is 0.148 e. The van der Waals surface area contributed by atoms with E-state index in [2.05, 4.69) is 39.0 Å². The summed E-state index contributed by atoms with van der Waals surface area (Å²) in [4.78, 5) is 13.6. The third kappa shape index (κ3) is 3.37. The molecule has 6 heteroatoms. The number of nitrogens with one attached hydrogen (secondary N) is 1. The second kappa shape index (κ2) is 7.40. The lowest BCUT2D eigenvalue weighted by molar-refractivity contribution is 0.258. The van der Waals surface area contributed by atoms with Crippen LogP contribution < -0.4 is 16.2 Å². The lowest BCUT2D eigenvalue weighted by Crippen LogP contribution is -2.47. The van der Waals surface area contributed by atoms with E-state index >= 15 is 0 Å². The van der Waals surface area contributed by atoms with Crippen LogP contribution in [0.4, 0.5) is 11.6 Å². The minimum atomic E-state index is 0.757. The van der Waals surface area contributed by atoms with E-state index in [1.165, 1.54) is 13.0 Å². The fourth-order valence-corrected chi connectivity index (χ4v) is 2.78. The van der Waals surface area contributed by atoms with Crippen molar-refractivity contribution in [1.82, 2.24) is 14.9 Å². The fourth-order valence-electron chi connectivity index (χ4n) is 2.78. The van der Waals surface area contributed by atoms with Crippen LogP contribution in [0.25, 0.3) is 0 Å². The maximum atomic E-state index is 5.57. The van der Waals surface area contributed by atoms with Gasteiger partial charge in [-0.15, -0.1) is 0 Å². The van der Waals surface area contributed by atoms with E-state index in [0.717, 1.165) is 56.2 Å². The Hall–Kier alpha value is -1.40. The molecule has 1 aliphatic rings. The zero-order valence-electron chi connectivity index (χ0n) is 12.6. The number of nitrogens with two attached hydrogens (primary N) is 1. The van der Waals surface area contributed by atoms with Gasteiger partial charge in [-0.05, 0) is 19.4 Å². The molecule has 3 N–H and O–H groups in total. The van der Waals surface area contributed by atoms with E-state index in [1.807, 2.05) is 0 Å². The second-order valence-electron chi connectivity index (χ2n) is 5.25. The number of hydrazine groups is 1. The molecule has 0 aliphatic carbocycles. The molecule has 0 bridgehead atoms. The highest BCUT2D eigenvalue weighted by Crippen LogP contribution is 2.25. The first kappa shape index (κ1) is 15.0. The van der Waals surface area contributed by atoms with Gasteiger partial charge in [-0.2, -0.15) is 0 Å². The lowest BCUT2D eigenvalue weighted by atomic mass is 10.1.